The number of primary sulfonamides is 1. The van der Waals surface area contributed by atoms with Crippen LogP contribution in [0.15, 0.2) is 54.6 Å². The Hall–Kier alpha value is -2.06. The highest BCUT2D eigenvalue weighted by Gasteiger charge is 2.44. The van der Waals surface area contributed by atoms with Crippen LogP contribution in [0.3, 0.4) is 0 Å². The van der Waals surface area contributed by atoms with Crippen LogP contribution in [0.5, 0.6) is 5.75 Å². The number of aliphatic hydroxyl groups excluding tert-OH is 1. The topological polar surface area (TPSA) is 92.9 Å². The summed E-state index contributed by atoms with van der Waals surface area (Å²) in [4.78, 5) is 2.50. The van der Waals surface area contributed by atoms with Gasteiger partial charge < -0.3 is 14.7 Å². The number of rotatable bonds is 10. The summed E-state index contributed by atoms with van der Waals surface area (Å²) in [6, 6.07) is 14.7. The number of sulfonamides is 1. The lowest BCUT2D eigenvalue weighted by molar-refractivity contribution is 0.0456. The molecule has 0 aromatic heterocycles. The predicted octanol–water partition coefficient (Wildman–Crippen LogP) is 6.24. The number of aryl methyl sites for hydroxylation is 1. The molecular weight excluding hydrogens is 556 g/mol. The number of anilines is 1. The van der Waals surface area contributed by atoms with Crippen molar-refractivity contribution in [1.29, 1.82) is 0 Å². The van der Waals surface area contributed by atoms with Gasteiger partial charge in [-0.25, -0.2) is 13.6 Å². The van der Waals surface area contributed by atoms with Crippen LogP contribution < -0.4 is 14.8 Å². The number of ether oxygens (including phenoxy) is 1. The van der Waals surface area contributed by atoms with Gasteiger partial charge in [0.05, 0.1) is 23.6 Å². The minimum absolute atomic E-state index is 0.0939. The Morgan fingerprint density at radius 2 is 2.05 bits per heavy atom. The molecule has 8 heteroatoms. The number of allylic oxidation sites excluding steroid dienone is 1. The van der Waals surface area contributed by atoms with Crippen molar-refractivity contribution in [2.75, 3.05) is 24.6 Å². The van der Waals surface area contributed by atoms with Crippen molar-refractivity contribution in [3.8, 4) is 5.75 Å². The zero-order chi connectivity index (χ0) is 29.2. The van der Waals surface area contributed by atoms with Gasteiger partial charge in [-0.1, -0.05) is 62.2 Å². The normalized spacial score (nSPS) is 26.4. The van der Waals surface area contributed by atoms with E-state index in [9.17, 15) is 13.5 Å². The predicted molar refractivity (Wildman–Crippen MR) is 167 cm³/mol. The van der Waals surface area contributed by atoms with E-state index in [1.54, 1.807) is 0 Å². The average molecular weight is 601 g/mol. The highest BCUT2D eigenvalue weighted by atomic mass is 35.5. The molecule has 0 bridgehead atoms. The molecule has 3 N–H and O–H groups in total. The van der Waals surface area contributed by atoms with Crippen LogP contribution in [-0.4, -0.2) is 44.6 Å². The van der Waals surface area contributed by atoms with Crippen LogP contribution in [0.1, 0.15) is 69.9 Å². The SMILES string of the molecule is CCC[C@H]([C@@H](C)C/C=C/[C@H](O)[C@@H]1CC[C@H]1CN1C[C@@]2(CCCc3cc(Cl)ccc32)COc2ccccc21)S(N)(=O)=O. The number of nitrogens with two attached hydrogens (primary N) is 1. The lowest BCUT2D eigenvalue weighted by Gasteiger charge is -2.45. The van der Waals surface area contributed by atoms with E-state index in [4.69, 9.17) is 21.5 Å². The molecule has 0 saturated heterocycles. The first kappa shape index (κ1) is 30.4. The van der Waals surface area contributed by atoms with Crippen molar-refractivity contribution in [3.63, 3.8) is 0 Å². The van der Waals surface area contributed by atoms with Gasteiger partial charge in [0.1, 0.15) is 5.75 Å². The molecular formula is C33H45ClN2O4S. The van der Waals surface area contributed by atoms with Gasteiger partial charge in [0.2, 0.25) is 10.0 Å². The first-order valence-electron chi connectivity index (χ1n) is 15.2. The minimum atomic E-state index is -3.59. The molecule has 0 unspecified atom stereocenters. The molecule has 1 heterocycles. The molecule has 5 rings (SSSR count). The molecule has 41 heavy (non-hydrogen) atoms. The number of para-hydroxylation sites is 2. The smallest absolute Gasteiger partial charge is 0.212 e. The molecule has 1 spiro atoms. The summed E-state index contributed by atoms with van der Waals surface area (Å²) >= 11 is 6.38. The van der Waals surface area contributed by atoms with E-state index in [1.807, 2.05) is 38.1 Å². The number of fused-ring (bicyclic) bond motifs is 3. The Bertz CT molecular complexity index is 1350. The lowest BCUT2D eigenvalue weighted by Crippen LogP contribution is -2.49. The second kappa shape index (κ2) is 12.7. The fraction of sp³-hybridized carbons (Fsp3) is 0.576. The van der Waals surface area contributed by atoms with Gasteiger partial charge in [-0.05, 0) is 98.1 Å². The first-order valence-corrected chi connectivity index (χ1v) is 17.2. The maximum atomic E-state index is 12.0. The fourth-order valence-electron chi connectivity index (χ4n) is 7.41. The van der Waals surface area contributed by atoms with E-state index in [0.717, 1.165) is 68.1 Å². The number of aliphatic hydroxyl groups is 1. The monoisotopic (exact) mass is 600 g/mol. The van der Waals surface area contributed by atoms with E-state index in [-0.39, 0.29) is 17.3 Å². The van der Waals surface area contributed by atoms with E-state index in [2.05, 4.69) is 35.2 Å². The summed E-state index contributed by atoms with van der Waals surface area (Å²) in [6.45, 7) is 6.28. The Kier molecular flexibility index (Phi) is 9.39. The van der Waals surface area contributed by atoms with Crippen molar-refractivity contribution in [1.82, 2.24) is 0 Å². The Balaban J connectivity index is 1.30. The third kappa shape index (κ3) is 6.64. The molecule has 6 atom stereocenters. The Morgan fingerprint density at radius 3 is 2.78 bits per heavy atom. The maximum absolute atomic E-state index is 12.0. The van der Waals surface area contributed by atoms with Crippen LogP contribution in [0, 0.1) is 17.8 Å². The highest BCUT2D eigenvalue weighted by molar-refractivity contribution is 7.89. The zero-order valence-electron chi connectivity index (χ0n) is 24.3. The molecule has 2 aromatic carbocycles. The van der Waals surface area contributed by atoms with Gasteiger partial charge in [0.25, 0.3) is 0 Å². The second-order valence-electron chi connectivity index (χ2n) is 12.6. The standard InChI is InChI=1S/C33H45ClN2O4S/c1-3-8-32(41(35,38)39)23(2)9-6-12-30(37)27-16-14-25(27)20-36-21-33(22-40-31-13-5-4-11-29(31)36)18-7-10-24-19-26(34)15-17-28(24)33/h4-6,11-13,15,17,19,23,25,27,30,32,37H,3,7-10,14,16,18,20-22H2,1-2H3,(H2,35,38,39)/b12-6+/t23-,25-,27+,30-,32+,33-/m0/s1. The molecule has 0 radical (unpaired) electrons. The van der Waals surface area contributed by atoms with Gasteiger partial charge in [0, 0.05) is 23.5 Å². The first-order chi connectivity index (χ1) is 19.6. The van der Waals surface area contributed by atoms with Gasteiger partial charge in [0.15, 0.2) is 0 Å². The van der Waals surface area contributed by atoms with Crippen LogP contribution >= 0.6 is 11.6 Å². The van der Waals surface area contributed by atoms with E-state index in [1.165, 1.54) is 11.1 Å². The van der Waals surface area contributed by atoms with Crippen molar-refractivity contribution in [3.05, 3.63) is 70.8 Å². The summed E-state index contributed by atoms with van der Waals surface area (Å²) < 4.78 is 30.6. The third-order valence-corrected chi connectivity index (χ3v) is 11.6. The number of benzene rings is 2. The van der Waals surface area contributed by atoms with Crippen molar-refractivity contribution in [2.24, 2.45) is 22.9 Å². The summed E-state index contributed by atoms with van der Waals surface area (Å²) in [5, 5.41) is 16.9. The average Bonchev–Trinajstić information content (AvgIpc) is 3.06. The highest BCUT2D eigenvalue weighted by Crippen LogP contribution is 2.46. The quantitative estimate of drug-likeness (QED) is 0.315. The lowest BCUT2D eigenvalue weighted by atomic mass is 9.68. The third-order valence-electron chi connectivity index (χ3n) is 9.78. The Labute approximate surface area is 251 Å². The summed E-state index contributed by atoms with van der Waals surface area (Å²) in [6.07, 6.45) is 10.5. The molecule has 1 fully saturated rings. The molecule has 3 aliphatic rings. The molecule has 2 aromatic rings. The molecule has 1 saturated carbocycles. The zero-order valence-corrected chi connectivity index (χ0v) is 25.9. The van der Waals surface area contributed by atoms with Gasteiger partial charge in [-0.2, -0.15) is 0 Å². The summed E-state index contributed by atoms with van der Waals surface area (Å²) in [7, 11) is -3.59. The summed E-state index contributed by atoms with van der Waals surface area (Å²) in [5.41, 5.74) is 3.70. The minimum Gasteiger partial charge on any atom is -0.490 e. The van der Waals surface area contributed by atoms with Crippen molar-refractivity contribution < 1.29 is 18.3 Å². The molecule has 1 aliphatic heterocycles. The summed E-state index contributed by atoms with van der Waals surface area (Å²) in [5.74, 6) is 1.37. The van der Waals surface area contributed by atoms with Crippen LogP contribution in [0.2, 0.25) is 5.02 Å². The van der Waals surface area contributed by atoms with Crippen LogP contribution in [-0.2, 0) is 21.9 Å². The number of hydrogen-bond donors (Lipinski definition) is 2. The molecule has 0 amide bonds. The molecule has 6 nitrogen and oxygen atoms in total. The van der Waals surface area contributed by atoms with Crippen LogP contribution in [0.25, 0.3) is 0 Å². The molecule has 2 aliphatic carbocycles. The van der Waals surface area contributed by atoms with Crippen LogP contribution in [0.4, 0.5) is 5.69 Å². The maximum Gasteiger partial charge on any atom is 0.212 e. The van der Waals surface area contributed by atoms with E-state index >= 15 is 0 Å². The van der Waals surface area contributed by atoms with Gasteiger partial charge in [-0.15, -0.1) is 0 Å². The second-order valence-corrected chi connectivity index (χ2v) is 14.8. The van der Waals surface area contributed by atoms with Gasteiger partial charge in [-0.3, -0.25) is 0 Å². The van der Waals surface area contributed by atoms with Crippen molar-refractivity contribution in [2.45, 2.75) is 82.0 Å². The Morgan fingerprint density at radius 1 is 1.24 bits per heavy atom. The van der Waals surface area contributed by atoms with E-state index in [0.29, 0.717) is 25.4 Å². The number of halogens is 1. The molecule has 224 valence electrons. The largest absolute Gasteiger partial charge is 0.490 e. The number of nitrogens with zero attached hydrogens (tertiary/aromatic N) is 1. The fourth-order valence-corrected chi connectivity index (χ4v) is 8.92. The van der Waals surface area contributed by atoms with E-state index < -0.39 is 21.4 Å². The van der Waals surface area contributed by atoms with Crippen molar-refractivity contribution >= 4 is 27.3 Å². The van der Waals surface area contributed by atoms with Gasteiger partial charge >= 0.3 is 0 Å². The number of hydrogen-bond acceptors (Lipinski definition) is 5.